The van der Waals surface area contributed by atoms with E-state index in [1.165, 1.54) is 5.69 Å². The van der Waals surface area contributed by atoms with Crippen molar-refractivity contribution in [1.82, 2.24) is 25.4 Å². The monoisotopic (exact) mass is 537 g/mol. The number of aromatic nitrogens is 3. The van der Waals surface area contributed by atoms with Gasteiger partial charge in [0.05, 0.1) is 13.4 Å². The first-order valence-corrected chi connectivity index (χ1v) is 10.1. The summed E-state index contributed by atoms with van der Waals surface area (Å²) in [7, 11) is 3.51. The number of ether oxygens (including phenoxy) is 1. The minimum Gasteiger partial charge on any atom is -0.497 e. The van der Waals surface area contributed by atoms with Crippen LogP contribution in [0.2, 0.25) is 0 Å². The van der Waals surface area contributed by atoms with Crippen LogP contribution in [0.25, 0.3) is 11.6 Å². The Kier molecular flexibility index (Phi) is 8.15. The number of nitrogens with one attached hydrogen (secondary N) is 2. The fraction of sp³-hybridized carbons (Fsp3) is 0.381. The number of hydrogen-bond acceptors (Lipinski definition) is 6. The van der Waals surface area contributed by atoms with Crippen LogP contribution in [0.5, 0.6) is 5.75 Å². The zero-order chi connectivity index (χ0) is 20.8. The molecule has 0 aliphatic carbocycles. The molecule has 31 heavy (non-hydrogen) atoms. The SMILES string of the molecule is CN=C(NCCc1nc(-c2ccco2)n[nH]1)N1CCN(c2ccc(OC)cc2)CC1.I. The number of nitrogens with zero attached hydrogens (tertiary/aromatic N) is 5. The number of benzene rings is 1. The van der Waals surface area contributed by atoms with Crippen LogP contribution in [0.4, 0.5) is 5.69 Å². The predicted molar refractivity (Wildman–Crippen MR) is 131 cm³/mol. The van der Waals surface area contributed by atoms with Crippen molar-refractivity contribution in [3.05, 3.63) is 48.5 Å². The summed E-state index contributed by atoms with van der Waals surface area (Å²) in [6.45, 7) is 4.44. The van der Waals surface area contributed by atoms with E-state index in [0.717, 1.165) is 56.7 Å². The van der Waals surface area contributed by atoms with Gasteiger partial charge in [0, 0.05) is 51.9 Å². The fourth-order valence-electron chi connectivity index (χ4n) is 3.52. The van der Waals surface area contributed by atoms with Crippen molar-refractivity contribution in [2.75, 3.05) is 51.8 Å². The molecule has 0 unspecified atom stereocenters. The maximum absolute atomic E-state index is 5.33. The van der Waals surface area contributed by atoms with E-state index >= 15 is 0 Å². The second-order valence-corrected chi connectivity index (χ2v) is 6.98. The van der Waals surface area contributed by atoms with Gasteiger partial charge >= 0.3 is 0 Å². The highest BCUT2D eigenvalue weighted by Gasteiger charge is 2.20. The summed E-state index contributed by atoms with van der Waals surface area (Å²) >= 11 is 0. The Morgan fingerprint density at radius 1 is 1.19 bits per heavy atom. The van der Waals surface area contributed by atoms with Crippen LogP contribution in [0.15, 0.2) is 52.1 Å². The molecule has 0 radical (unpaired) electrons. The molecule has 10 heteroatoms. The van der Waals surface area contributed by atoms with Crippen molar-refractivity contribution < 1.29 is 9.15 Å². The lowest BCUT2D eigenvalue weighted by Gasteiger charge is -2.37. The molecular weight excluding hydrogens is 509 g/mol. The number of aromatic amines is 1. The summed E-state index contributed by atoms with van der Waals surface area (Å²) in [4.78, 5) is 13.6. The maximum Gasteiger partial charge on any atom is 0.216 e. The molecule has 1 fully saturated rings. The van der Waals surface area contributed by atoms with Crippen molar-refractivity contribution in [3.8, 4) is 17.3 Å². The van der Waals surface area contributed by atoms with E-state index < -0.39 is 0 Å². The number of halogens is 1. The molecule has 166 valence electrons. The third-order valence-electron chi connectivity index (χ3n) is 5.15. The molecule has 1 aliphatic rings. The fourth-order valence-corrected chi connectivity index (χ4v) is 3.52. The van der Waals surface area contributed by atoms with Crippen LogP contribution >= 0.6 is 24.0 Å². The molecule has 3 heterocycles. The Hall–Kier alpha value is -2.76. The van der Waals surface area contributed by atoms with E-state index in [0.29, 0.717) is 11.6 Å². The molecule has 9 nitrogen and oxygen atoms in total. The molecule has 4 rings (SSSR count). The smallest absolute Gasteiger partial charge is 0.216 e. The Labute approximate surface area is 198 Å². The summed E-state index contributed by atoms with van der Waals surface area (Å²) in [6, 6.07) is 11.9. The topological polar surface area (TPSA) is 94.8 Å². The average molecular weight is 537 g/mol. The Balaban J connectivity index is 0.00000272. The molecule has 1 aromatic carbocycles. The van der Waals surface area contributed by atoms with Gasteiger partial charge in [-0.05, 0) is 36.4 Å². The first-order chi connectivity index (χ1) is 14.8. The van der Waals surface area contributed by atoms with Crippen molar-refractivity contribution >= 4 is 35.6 Å². The first kappa shape index (κ1) is 22.9. The van der Waals surface area contributed by atoms with Crippen LogP contribution in [0, 0.1) is 0 Å². The van der Waals surface area contributed by atoms with Gasteiger partial charge in [-0.1, -0.05) is 0 Å². The highest BCUT2D eigenvalue weighted by Crippen LogP contribution is 2.20. The van der Waals surface area contributed by atoms with Crippen molar-refractivity contribution in [3.63, 3.8) is 0 Å². The Bertz CT molecular complexity index is 949. The summed E-state index contributed by atoms with van der Waals surface area (Å²) in [5.41, 5.74) is 1.22. The molecule has 0 bridgehead atoms. The number of anilines is 1. The summed E-state index contributed by atoms with van der Waals surface area (Å²) in [6.07, 6.45) is 2.34. The minimum absolute atomic E-state index is 0. The Morgan fingerprint density at radius 3 is 2.61 bits per heavy atom. The van der Waals surface area contributed by atoms with E-state index in [4.69, 9.17) is 9.15 Å². The van der Waals surface area contributed by atoms with Crippen LogP contribution in [0.3, 0.4) is 0 Å². The van der Waals surface area contributed by atoms with E-state index in [1.54, 1.807) is 13.4 Å². The first-order valence-electron chi connectivity index (χ1n) is 10.1. The van der Waals surface area contributed by atoms with Gasteiger partial charge in [0.15, 0.2) is 11.7 Å². The molecule has 3 aromatic rings. The number of aliphatic imine (C=N–C) groups is 1. The van der Waals surface area contributed by atoms with E-state index in [9.17, 15) is 0 Å². The number of H-pyrrole nitrogens is 1. The molecule has 0 amide bonds. The van der Waals surface area contributed by atoms with Gasteiger partial charge in [-0.2, -0.15) is 5.10 Å². The van der Waals surface area contributed by atoms with Crippen LogP contribution in [0.1, 0.15) is 5.82 Å². The third kappa shape index (κ3) is 5.69. The van der Waals surface area contributed by atoms with Crippen LogP contribution in [-0.4, -0.2) is 72.9 Å². The number of guanidine groups is 1. The maximum atomic E-state index is 5.33. The van der Waals surface area contributed by atoms with Gasteiger partial charge < -0.3 is 24.3 Å². The summed E-state index contributed by atoms with van der Waals surface area (Å²) in [5, 5.41) is 10.6. The summed E-state index contributed by atoms with van der Waals surface area (Å²) in [5.74, 6) is 3.85. The van der Waals surface area contributed by atoms with Gasteiger partial charge in [-0.3, -0.25) is 10.1 Å². The van der Waals surface area contributed by atoms with Gasteiger partial charge in [0.25, 0.3) is 0 Å². The lowest BCUT2D eigenvalue weighted by Crippen LogP contribution is -2.52. The lowest BCUT2D eigenvalue weighted by molar-refractivity contribution is 0.372. The van der Waals surface area contributed by atoms with Gasteiger partial charge in [-0.15, -0.1) is 24.0 Å². The van der Waals surface area contributed by atoms with Crippen molar-refractivity contribution in [1.29, 1.82) is 0 Å². The van der Waals surface area contributed by atoms with Gasteiger partial charge in [-0.25, -0.2) is 4.98 Å². The van der Waals surface area contributed by atoms with Gasteiger partial charge in [0.2, 0.25) is 5.82 Å². The van der Waals surface area contributed by atoms with Crippen LogP contribution in [-0.2, 0) is 6.42 Å². The molecule has 0 atom stereocenters. The third-order valence-corrected chi connectivity index (χ3v) is 5.15. The predicted octanol–water partition coefficient (Wildman–Crippen LogP) is 2.63. The normalized spacial score (nSPS) is 14.3. The van der Waals surface area contributed by atoms with Crippen LogP contribution < -0.4 is 15.0 Å². The minimum atomic E-state index is 0. The number of methoxy groups -OCH3 is 1. The molecular formula is C21H28IN7O2. The second kappa shape index (κ2) is 11.0. The molecule has 0 spiro atoms. The number of piperazine rings is 1. The highest BCUT2D eigenvalue weighted by molar-refractivity contribution is 14.0. The van der Waals surface area contributed by atoms with Gasteiger partial charge in [0.1, 0.15) is 11.6 Å². The standard InChI is InChI=1S/C21H27N7O2.HI/c1-22-21(23-10-9-19-24-20(26-25-19)18-4-3-15-30-18)28-13-11-27(12-14-28)16-5-7-17(29-2)8-6-16;/h3-8,15H,9-14H2,1-2H3,(H,22,23)(H,24,25,26);1H. The van der Waals surface area contributed by atoms with E-state index in [2.05, 4.69) is 47.4 Å². The van der Waals surface area contributed by atoms with Crippen molar-refractivity contribution in [2.45, 2.75) is 6.42 Å². The molecule has 2 aromatic heterocycles. The van der Waals surface area contributed by atoms with Crippen molar-refractivity contribution in [2.24, 2.45) is 4.99 Å². The quantitative estimate of drug-likeness (QED) is 0.284. The molecule has 0 saturated carbocycles. The zero-order valence-electron chi connectivity index (χ0n) is 17.7. The molecule has 1 saturated heterocycles. The largest absolute Gasteiger partial charge is 0.497 e. The molecule has 1 aliphatic heterocycles. The average Bonchev–Trinajstić information content (AvgIpc) is 3.49. The zero-order valence-corrected chi connectivity index (χ0v) is 20.1. The number of furan rings is 1. The lowest BCUT2D eigenvalue weighted by atomic mass is 10.2. The van der Waals surface area contributed by atoms with E-state index in [1.807, 2.05) is 31.3 Å². The second-order valence-electron chi connectivity index (χ2n) is 6.98. The highest BCUT2D eigenvalue weighted by atomic mass is 127. The summed E-state index contributed by atoms with van der Waals surface area (Å²) < 4.78 is 10.6. The number of hydrogen-bond donors (Lipinski definition) is 2. The molecule has 2 N–H and O–H groups in total. The Morgan fingerprint density at radius 2 is 1.97 bits per heavy atom. The van der Waals surface area contributed by atoms with E-state index in [-0.39, 0.29) is 24.0 Å². The number of rotatable bonds is 6.